The van der Waals surface area contributed by atoms with Crippen molar-refractivity contribution in [3.8, 4) is 0 Å². The highest BCUT2D eigenvalue weighted by atomic mass is 16.1. The molecule has 1 heterocycles. The van der Waals surface area contributed by atoms with Crippen LogP contribution in [0.25, 0.3) is 10.9 Å². The van der Waals surface area contributed by atoms with E-state index in [1.165, 1.54) is 0 Å². The summed E-state index contributed by atoms with van der Waals surface area (Å²) in [6, 6.07) is 12.7. The SMILES string of the molecule is O=c1c#cc2ccccc2[nH]1. The molecule has 0 unspecified atom stereocenters. The first-order valence-electron chi connectivity index (χ1n) is 3.28. The number of fused-ring (bicyclic) bond motifs is 1. The molecule has 2 aromatic rings. The molecule has 0 atom stereocenters. The van der Waals surface area contributed by atoms with Crippen molar-refractivity contribution in [1.82, 2.24) is 4.98 Å². The smallest absolute Gasteiger partial charge is 0.300 e. The highest BCUT2D eigenvalue weighted by Gasteiger charge is 1.87. The standard InChI is InChI=1S/C9H5NO/c11-9-6-5-7-3-1-2-4-8(7)10-9/h1-4H,(H,10,11). The van der Waals surface area contributed by atoms with Crippen molar-refractivity contribution in [3.63, 3.8) is 0 Å². The molecule has 1 N–H and O–H groups in total. The Bertz CT molecular complexity index is 431. The van der Waals surface area contributed by atoms with Crippen molar-refractivity contribution in [2.24, 2.45) is 0 Å². The van der Waals surface area contributed by atoms with Gasteiger partial charge in [-0.25, -0.2) is 0 Å². The lowest BCUT2D eigenvalue weighted by Crippen LogP contribution is -1.99. The van der Waals surface area contributed by atoms with Crippen LogP contribution >= 0.6 is 0 Å². The first-order chi connectivity index (χ1) is 5.36. The molecule has 0 aliphatic heterocycles. The van der Waals surface area contributed by atoms with E-state index in [1.54, 1.807) is 0 Å². The predicted molar refractivity (Wildman–Crippen MR) is 42.2 cm³/mol. The van der Waals surface area contributed by atoms with E-state index in [1.807, 2.05) is 24.3 Å². The second-order valence-electron chi connectivity index (χ2n) is 2.25. The van der Waals surface area contributed by atoms with Gasteiger partial charge in [-0.05, 0) is 12.1 Å². The summed E-state index contributed by atoms with van der Waals surface area (Å²) in [7, 11) is 0. The van der Waals surface area contributed by atoms with Crippen LogP contribution < -0.4 is 5.56 Å². The molecule has 2 nitrogen and oxygen atoms in total. The molecule has 0 saturated heterocycles. The molecule has 1 aromatic heterocycles. The number of hydrogen-bond acceptors (Lipinski definition) is 1. The van der Waals surface area contributed by atoms with Gasteiger partial charge in [0.1, 0.15) is 0 Å². The van der Waals surface area contributed by atoms with Gasteiger partial charge in [0.25, 0.3) is 0 Å². The molecule has 0 radical (unpaired) electrons. The van der Waals surface area contributed by atoms with Crippen LogP contribution in [0.4, 0.5) is 0 Å². The van der Waals surface area contributed by atoms with Crippen molar-refractivity contribution in [2.45, 2.75) is 0 Å². The lowest BCUT2D eigenvalue weighted by atomic mass is 10.2. The average Bonchev–Trinajstić information content (AvgIpc) is 2.04. The third kappa shape index (κ3) is 0.968. The van der Waals surface area contributed by atoms with Crippen LogP contribution in [0.15, 0.2) is 29.1 Å². The maximum Gasteiger partial charge on any atom is 0.300 e. The Morgan fingerprint density at radius 1 is 1.18 bits per heavy atom. The highest BCUT2D eigenvalue weighted by molar-refractivity contribution is 5.75. The Morgan fingerprint density at radius 2 is 2.00 bits per heavy atom. The highest BCUT2D eigenvalue weighted by Crippen LogP contribution is 2.03. The maximum absolute atomic E-state index is 10.7. The Morgan fingerprint density at radius 3 is 2.91 bits per heavy atom. The van der Waals surface area contributed by atoms with E-state index in [4.69, 9.17) is 0 Å². The number of H-pyrrole nitrogens is 1. The first-order valence-corrected chi connectivity index (χ1v) is 3.28. The summed E-state index contributed by atoms with van der Waals surface area (Å²) < 4.78 is 0. The van der Waals surface area contributed by atoms with Crippen molar-refractivity contribution < 1.29 is 0 Å². The van der Waals surface area contributed by atoms with Crippen LogP contribution in [0.3, 0.4) is 0 Å². The molecular formula is C9H5NO. The summed E-state index contributed by atoms with van der Waals surface area (Å²) in [5.74, 6) is 0. The largest absolute Gasteiger partial charge is 0.314 e. The van der Waals surface area contributed by atoms with Crippen LogP contribution in [0, 0.1) is 12.1 Å². The average molecular weight is 143 g/mol. The minimum atomic E-state index is -0.233. The summed E-state index contributed by atoms with van der Waals surface area (Å²) in [5.41, 5.74) is 0.569. The number of nitrogens with one attached hydrogen (secondary N) is 1. The lowest BCUT2D eigenvalue weighted by Gasteiger charge is -1.88. The molecule has 0 bridgehead atoms. The zero-order chi connectivity index (χ0) is 7.68. The van der Waals surface area contributed by atoms with Gasteiger partial charge in [-0.15, -0.1) is 0 Å². The second-order valence-corrected chi connectivity index (χ2v) is 2.25. The number of rotatable bonds is 0. The van der Waals surface area contributed by atoms with Crippen LogP contribution in [0.2, 0.25) is 0 Å². The van der Waals surface area contributed by atoms with Gasteiger partial charge >= 0.3 is 5.56 Å². The Labute approximate surface area is 63.5 Å². The predicted octanol–water partition coefficient (Wildman–Crippen LogP) is 1.13. The fourth-order valence-corrected chi connectivity index (χ4v) is 0.979. The number of aromatic nitrogens is 1. The topological polar surface area (TPSA) is 32.9 Å². The molecular weight excluding hydrogens is 138 g/mol. The third-order valence-electron chi connectivity index (χ3n) is 1.49. The van der Waals surface area contributed by atoms with Crippen LogP contribution in [0.1, 0.15) is 0 Å². The maximum atomic E-state index is 10.7. The number of hydrogen-bond donors (Lipinski definition) is 1. The fraction of sp³-hybridized carbons (Fsp3) is 0. The summed E-state index contributed by atoms with van der Waals surface area (Å²) in [6.07, 6.45) is 0. The summed E-state index contributed by atoms with van der Waals surface area (Å²) in [4.78, 5) is 13.4. The molecule has 2 heteroatoms. The lowest BCUT2D eigenvalue weighted by molar-refractivity contribution is 1.32. The van der Waals surface area contributed by atoms with Gasteiger partial charge in [0.2, 0.25) is 0 Å². The minimum absolute atomic E-state index is 0.233. The van der Waals surface area contributed by atoms with Gasteiger partial charge in [-0.2, -0.15) is 0 Å². The summed E-state index contributed by atoms with van der Waals surface area (Å²) in [6.45, 7) is 0. The molecule has 0 amide bonds. The van der Waals surface area contributed by atoms with Crippen LogP contribution in [-0.2, 0) is 0 Å². The van der Waals surface area contributed by atoms with Crippen LogP contribution in [-0.4, -0.2) is 4.98 Å². The van der Waals surface area contributed by atoms with Gasteiger partial charge in [0, 0.05) is 11.5 Å². The van der Waals surface area contributed by atoms with E-state index in [2.05, 4.69) is 17.1 Å². The summed E-state index contributed by atoms with van der Waals surface area (Å²) in [5, 5.41) is 0.882. The first kappa shape index (κ1) is 5.99. The van der Waals surface area contributed by atoms with Gasteiger partial charge < -0.3 is 4.98 Å². The summed E-state index contributed by atoms with van der Waals surface area (Å²) >= 11 is 0. The van der Waals surface area contributed by atoms with Gasteiger partial charge in [0.15, 0.2) is 0 Å². The van der Waals surface area contributed by atoms with Gasteiger partial charge in [-0.1, -0.05) is 18.2 Å². The molecule has 2 rings (SSSR count). The molecule has 0 spiro atoms. The number of para-hydroxylation sites is 1. The van der Waals surface area contributed by atoms with Crippen molar-refractivity contribution in [3.05, 3.63) is 46.8 Å². The quantitative estimate of drug-likeness (QED) is 0.589. The normalized spacial score (nSPS) is 9.45. The second kappa shape index (κ2) is 2.14. The fourth-order valence-electron chi connectivity index (χ4n) is 0.979. The molecule has 11 heavy (non-hydrogen) atoms. The van der Waals surface area contributed by atoms with E-state index in [9.17, 15) is 4.79 Å². The number of benzene rings is 1. The van der Waals surface area contributed by atoms with E-state index in [0.717, 1.165) is 10.9 Å². The molecule has 0 fully saturated rings. The molecule has 52 valence electrons. The van der Waals surface area contributed by atoms with Gasteiger partial charge in [0.05, 0.1) is 5.52 Å². The third-order valence-corrected chi connectivity index (χ3v) is 1.49. The van der Waals surface area contributed by atoms with E-state index < -0.39 is 0 Å². The Balaban J connectivity index is 2.94. The monoisotopic (exact) mass is 143 g/mol. The Hall–Kier alpha value is -1.75. The zero-order valence-electron chi connectivity index (χ0n) is 5.72. The van der Waals surface area contributed by atoms with Crippen molar-refractivity contribution in [1.29, 1.82) is 0 Å². The van der Waals surface area contributed by atoms with E-state index >= 15 is 0 Å². The zero-order valence-corrected chi connectivity index (χ0v) is 5.72. The molecule has 1 aromatic carbocycles. The minimum Gasteiger partial charge on any atom is -0.314 e. The van der Waals surface area contributed by atoms with Crippen molar-refractivity contribution >= 4 is 10.9 Å². The Kier molecular flexibility index (Phi) is 1.16. The molecule has 0 aliphatic carbocycles. The number of aromatic amines is 1. The van der Waals surface area contributed by atoms with Gasteiger partial charge in [-0.3, -0.25) is 4.79 Å². The molecule has 0 saturated carbocycles. The molecule has 0 aliphatic rings. The van der Waals surface area contributed by atoms with E-state index in [-0.39, 0.29) is 5.56 Å². The van der Waals surface area contributed by atoms with E-state index in [0.29, 0.717) is 0 Å². The van der Waals surface area contributed by atoms with Crippen molar-refractivity contribution in [2.75, 3.05) is 0 Å². The van der Waals surface area contributed by atoms with Crippen LogP contribution in [0.5, 0.6) is 0 Å².